The van der Waals surface area contributed by atoms with E-state index in [0.29, 0.717) is 44.4 Å². The number of morpholine rings is 1. The van der Waals surface area contributed by atoms with E-state index in [-0.39, 0.29) is 18.1 Å². The summed E-state index contributed by atoms with van der Waals surface area (Å²) >= 11 is 0. The Morgan fingerprint density at radius 3 is 2.68 bits per heavy atom. The van der Waals surface area contributed by atoms with Crippen LogP contribution in [-0.4, -0.2) is 64.3 Å². The molecular weight excluding hydrogens is 347 g/mol. The molecule has 1 aromatic carbocycles. The molecule has 0 unspecified atom stereocenters. The fraction of sp³-hybridized carbons (Fsp3) is 0.562. The normalized spacial score (nSPS) is 16.7. The zero-order valence-electron chi connectivity index (χ0n) is 14.6. The molecule has 0 atom stereocenters. The first-order valence-corrected chi connectivity index (χ1v) is 9.78. The highest BCUT2D eigenvalue weighted by Crippen LogP contribution is 2.09. The van der Waals surface area contributed by atoms with Crippen LogP contribution in [0.1, 0.15) is 11.1 Å². The lowest BCUT2D eigenvalue weighted by Gasteiger charge is -2.26. The number of guanidine groups is 1. The van der Waals surface area contributed by atoms with E-state index in [1.54, 1.807) is 20.0 Å². The molecule has 1 saturated heterocycles. The van der Waals surface area contributed by atoms with Gasteiger partial charge in [0.05, 0.1) is 19.0 Å². The third kappa shape index (κ3) is 5.94. The van der Waals surface area contributed by atoms with Crippen LogP contribution in [0.5, 0.6) is 0 Å². The van der Waals surface area contributed by atoms with E-state index in [9.17, 15) is 12.8 Å². The van der Waals surface area contributed by atoms with E-state index in [4.69, 9.17) is 4.74 Å². The van der Waals surface area contributed by atoms with Gasteiger partial charge in [-0.3, -0.25) is 4.99 Å². The van der Waals surface area contributed by atoms with Crippen molar-refractivity contribution < 1.29 is 17.5 Å². The average molecular weight is 372 g/mol. The van der Waals surface area contributed by atoms with E-state index >= 15 is 0 Å². The molecule has 2 N–H and O–H groups in total. The van der Waals surface area contributed by atoms with Crippen LogP contribution in [0.3, 0.4) is 0 Å². The van der Waals surface area contributed by atoms with Crippen LogP contribution in [0.4, 0.5) is 4.39 Å². The van der Waals surface area contributed by atoms with Crippen molar-refractivity contribution in [3.05, 3.63) is 35.1 Å². The Hall–Kier alpha value is -1.71. The van der Waals surface area contributed by atoms with Gasteiger partial charge in [-0.15, -0.1) is 0 Å². The first-order chi connectivity index (χ1) is 11.9. The molecule has 0 saturated carbocycles. The van der Waals surface area contributed by atoms with Gasteiger partial charge >= 0.3 is 0 Å². The number of hydrogen-bond acceptors (Lipinski definition) is 4. The topological polar surface area (TPSA) is 83.0 Å². The number of benzene rings is 1. The zero-order chi connectivity index (χ0) is 18.3. The maximum atomic E-state index is 13.5. The minimum absolute atomic E-state index is 0.0210. The van der Waals surface area contributed by atoms with Crippen molar-refractivity contribution in [2.45, 2.75) is 13.5 Å². The Kier molecular flexibility index (Phi) is 7.15. The highest BCUT2D eigenvalue weighted by Gasteiger charge is 2.23. The maximum Gasteiger partial charge on any atom is 0.215 e. The third-order valence-electron chi connectivity index (χ3n) is 3.94. The Morgan fingerprint density at radius 1 is 1.32 bits per heavy atom. The van der Waals surface area contributed by atoms with Crippen LogP contribution in [-0.2, 0) is 21.3 Å². The van der Waals surface area contributed by atoms with Gasteiger partial charge in [-0.05, 0) is 24.1 Å². The lowest BCUT2D eigenvalue weighted by atomic mass is 10.1. The summed E-state index contributed by atoms with van der Waals surface area (Å²) in [7, 11) is -1.71. The van der Waals surface area contributed by atoms with Gasteiger partial charge in [-0.1, -0.05) is 12.1 Å². The second kappa shape index (κ2) is 9.12. The smallest absolute Gasteiger partial charge is 0.215 e. The highest BCUT2D eigenvalue weighted by molar-refractivity contribution is 7.89. The molecule has 0 aromatic heterocycles. The second-order valence-corrected chi connectivity index (χ2v) is 7.85. The summed E-state index contributed by atoms with van der Waals surface area (Å²) < 4.78 is 44.6. The van der Waals surface area contributed by atoms with Crippen LogP contribution in [0.25, 0.3) is 0 Å². The van der Waals surface area contributed by atoms with Gasteiger partial charge in [-0.2, -0.15) is 4.31 Å². The average Bonchev–Trinajstić information content (AvgIpc) is 2.61. The second-order valence-electron chi connectivity index (χ2n) is 5.76. The van der Waals surface area contributed by atoms with Crippen molar-refractivity contribution in [3.8, 4) is 0 Å². The van der Waals surface area contributed by atoms with E-state index in [1.165, 1.54) is 10.4 Å². The summed E-state index contributed by atoms with van der Waals surface area (Å²) in [6, 6.07) is 5.03. The molecule has 0 aliphatic carbocycles. The molecule has 0 amide bonds. The van der Waals surface area contributed by atoms with E-state index in [1.807, 2.05) is 6.07 Å². The summed E-state index contributed by atoms with van der Waals surface area (Å²) in [4.78, 5) is 4.05. The van der Waals surface area contributed by atoms with Gasteiger partial charge in [0.25, 0.3) is 0 Å². The van der Waals surface area contributed by atoms with E-state index < -0.39 is 10.0 Å². The number of halogens is 1. The molecule has 1 aliphatic heterocycles. The van der Waals surface area contributed by atoms with E-state index in [2.05, 4.69) is 15.6 Å². The summed E-state index contributed by atoms with van der Waals surface area (Å²) in [6.07, 6.45) is 0. The molecule has 9 heteroatoms. The molecule has 0 spiro atoms. The predicted molar refractivity (Wildman–Crippen MR) is 95.5 cm³/mol. The van der Waals surface area contributed by atoms with Gasteiger partial charge in [0.15, 0.2) is 5.96 Å². The fourth-order valence-corrected chi connectivity index (χ4v) is 3.73. The molecule has 1 heterocycles. The predicted octanol–water partition coefficient (Wildman–Crippen LogP) is 0.461. The van der Waals surface area contributed by atoms with Crippen molar-refractivity contribution in [2.75, 3.05) is 45.6 Å². The van der Waals surface area contributed by atoms with Crippen LogP contribution < -0.4 is 10.6 Å². The number of sulfonamides is 1. The molecule has 0 radical (unpaired) electrons. The SMILES string of the molecule is CN=C(NCCS(=O)(=O)N1CCOCC1)NCc1ccc(C)c(F)c1. The molecule has 7 nitrogen and oxygen atoms in total. The molecule has 2 rings (SSSR count). The molecule has 0 bridgehead atoms. The molecule has 1 aromatic rings. The third-order valence-corrected chi connectivity index (χ3v) is 5.81. The minimum atomic E-state index is -3.31. The first kappa shape index (κ1) is 19.6. The number of nitrogens with zero attached hydrogens (tertiary/aromatic N) is 2. The number of hydrogen-bond donors (Lipinski definition) is 2. The largest absolute Gasteiger partial charge is 0.379 e. The van der Waals surface area contributed by atoms with Crippen molar-refractivity contribution in [3.63, 3.8) is 0 Å². The van der Waals surface area contributed by atoms with Crippen molar-refractivity contribution in [2.24, 2.45) is 4.99 Å². The summed E-state index contributed by atoms with van der Waals surface area (Å²) in [6.45, 7) is 4.01. The van der Waals surface area contributed by atoms with Crippen LogP contribution in [0, 0.1) is 12.7 Å². The summed E-state index contributed by atoms with van der Waals surface area (Å²) in [5, 5.41) is 6.01. The molecule has 1 fully saturated rings. The van der Waals surface area contributed by atoms with Crippen LogP contribution >= 0.6 is 0 Å². The molecule has 140 valence electrons. The quantitative estimate of drug-likeness (QED) is 0.560. The molecule has 25 heavy (non-hydrogen) atoms. The van der Waals surface area contributed by atoms with Crippen molar-refractivity contribution >= 4 is 16.0 Å². The molecular formula is C16H25FN4O3S. The van der Waals surface area contributed by atoms with Crippen LogP contribution in [0.15, 0.2) is 23.2 Å². The van der Waals surface area contributed by atoms with E-state index in [0.717, 1.165) is 5.56 Å². The highest BCUT2D eigenvalue weighted by atomic mass is 32.2. The number of aliphatic imine (C=N–C) groups is 1. The summed E-state index contributed by atoms with van der Waals surface area (Å²) in [5.41, 5.74) is 1.38. The van der Waals surface area contributed by atoms with Gasteiger partial charge in [0.1, 0.15) is 5.82 Å². The fourth-order valence-electron chi connectivity index (χ4n) is 2.41. The number of aryl methyl sites for hydroxylation is 1. The zero-order valence-corrected chi connectivity index (χ0v) is 15.4. The monoisotopic (exact) mass is 372 g/mol. The van der Waals surface area contributed by atoms with Gasteiger partial charge in [-0.25, -0.2) is 12.8 Å². The van der Waals surface area contributed by atoms with Gasteiger partial charge in [0, 0.05) is 33.2 Å². The Bertz CT molecular complexity index is 703. The standard InChI is InChI=1S/C16H25FN4O3S/c1-13-3-4-14(11-15(13)17)12-20-16(18-2)19-5-10-25(22,23)21-6-8-24-9-7-21/h3-4,11H,5-10,12H2,1-2H3,(H2,18,19,20). The first-order valence-electron chi connectivity index (χ1n) is 8.17. The van der Waals surface area contributed by atoms with Crippen molar-refractivity contribution in [1.82, 2.24) is 14.9 Å². The lowest BCUT2D eigenvalue weighted by molar-refractivity contribution is 0.0730. The Morgan fingerprint density at radius 2 is 2.04 bits per heavy atom. The molecule has 1 aliphatic rings. The maximum absolute atomic E-state index is 13.5. The lowest BCUT2D eigenvalue weighted by Crippen LogP contribution is -2.45. The van der Waals surface area contributed by atoms with Crippen molar-refractivity contribution in [1.29, 1.82) is 0 Å². The Labute approximate surface area is 148 Å². The van der Waals surface area contributed by atoms with Gasteiger partial charge < -0.3 is 15.4 Å². The number of nitrogens with one attached hydrogen (secondary N) is 2. The summed E-state index contributed by atoms with van der Waals surface area (Å²) in [5.74, 6) is 0.198. The minimum Gasteiger partial charge on any atom is -0.379 e. The number of rotatable bonds is 6. The number of ether oxygens (including phenoxy) is 1. The van der Waals surface area contributed by atoms with Crippen LogP contribution in [0.2, 0.25) is 0 Å². The Balaban J connectivity index is 1.79. The van der Waals surface area contributed by atoms with Gasteiger partial charge in [0.2, 0.25) is 10.0 Å².